The quantitative estimate of drug-likeness (QED) is 0.0670. The number of nitrogens with one attached hydrogen (secondary N) is 1. The second-order valence-corrected chi connectivity index (χ2v) is 14.6. The number of anilines is 2. The molecule has 0 saturated carbocycles. The largest absolute Gasteiger partial charge is 0.274 e. The van der Waals surface area contributed by atoms with E-state index >= 15 is 0 Å². The molecule has 1 aromatic heterocycles. The predicted octanol–water partition coefficient (Wildman–Crippen LogP) is 11.3. The van der Waals surface area contributed by atoms with Gasteiger partial charge in [0.15, 0.2) is 5.82 Å². The number of H-pyrrole nitrogens is 1. The van der Waals surface area contributed by atoms with Crippen LogP contribution >= 0.6 is 46.4 Å². The maximum atomic E-state index is 13.2. The maximum Gasteiger partial charge on any atom is 0.273 e. The van der Waals surface area contributed by atoms with E-state index < -0.39 is 22.8 Å². The third-order valence-corrected chi connectivity index (χ3v) is 10.0. The fraction of sp³-hybridized carbons (Fsp3) is 0.541. The van der Waals surface area contributed by atoms with Gasteiger partial charge in [0.05, 0.1) is 22.2 Å². The number of aryl methyl sites for hydroxylation is 1. The molecule has 0 spiro atoms. The highest BCUT2D eigenvalue weighted by molar-refractivity contribution is 6.40. The minimum Gasteiger partial charge on any atom is -0.274 e. The Labute approximate surface area is 304 Å². The molecule has 2 heterocycles. The zero-order valence-corrected chi connectivity index (χ0v) is 30.9. The number of halogens is 4. The lowest BCUT2D eigenvalue weighted by Crippen LogP contribution is -2.44. The highest BCUT2D eigenvalue weighted by Gasteiger charge is 2.42. The average Bonchev–Trinajstić information content (AvgIpc) is 3.54. The van der Waals surface area contributed by atoms with E-state index in [4.69, 9.17) is 46.4 Å². The molecule has 4 rings (SSSR count). The van der Waals surface area contributed by atoms with Crippen molar-refractivity contribution >= 4 is 69.7 Å². The van der Waals surface area contributed by atoms with Gasteiger partial charge in [-0.1, -0.05) is 150 Å². The minimum absolute atomic E-state index is 0.143. The molecule has 0 aliphatic carbocycles. The number of carbonyl (C=O) groups is 2. The summed E-state index contributed by atoms with van der Waals surface area (Å²) in [4.78, 5) is 39.3. The molecule has 0 bridgehead atoms. The zero-order valence-electron chi connectivity index (χ0n) is 27.9. The zero-order chi connectivity index (χ0) is 34.5. The van der Waals surface area contributed by atoms with Gasteiger partial charge in [-0.15, -0.1) is 11.6 Å². The molecule has 0 radical (unpaired) electrons. The first-order valence-electron chi connectivity index (χ1n) is 17.6. The molecule has 262 valence electrons. The molecule has 1 aliphatic heterocycles. The van der Waals surface area contributed by atoms with Crippen LogP contribution in [0.4, 0.5) is 11.5 Å². The normalized spacial score (nSPS) is 14.8. The Morgan fingerprint density at radius 1 is 0.750 bits per heavy atom. The van der Waals surface area contributed by atoms with Crippen LogP contribution in [0.2, 0.25) is 15.1 Å². The number of benzene rings is 2. The highest BCUT2D eigenvalue weighted by atomic mass is 35.5. The summed E-state index contributed by atoms with van der Waals surface area (Å²) in [6.45, 7) is 2.27. The van der Waals surface area contributed by atoms with Gasteiger partial charge in [0, 0.05) is 11.1 Å². The summed E-state index contributed by atoms with van der Waals surface area (Å²) in [6, 6.07) is 11.9. The number of aromatic nitrogens is 2. The molecular formula is C37H48Cl4N4O3. The Balaban J connectivity index is 1.32. The summed E-state index contributed by atoms with van der Waals surface area (Å²) in [5.74, 6) is -0.866. The van der Waals surface area contributed by atoms with Gasteiger partial charge >= 0.3 is 0 Å². The second-order valence-electron chi connectivity index (χ2n) is 12.8. The number of imide groups is 1. The topological polar surface area (TPSA) is 78.4 Å². The summed E-state index contributed by atoms with van der Waals surface area (Å²) >= 11 is 25.1. The van der Waals surface area contributed by atoms with Crippen LogP contribution in [-0.4, -0.2) is 32.0 Å². The molecule has 2 amide bonds. The van der Waals surface area contributed by atoms with Gasteiger partial charge in [0.25, 0.3) is 17.4 Å². The number of nitrogens with zero attached hydrogens (tertiary/aromatic N) is 3. The first-order valence-corrected chi connectivity index (χ1v) is 19.1. The summed E-state index contributed by atoms with van der Waals surface area (Å²) in [5, 5.41) is 5.01. The van der Waals surface area contributed by atoms with E-state index in [1.165, 1.54) is 113 Å². The molecule has 2 aromatic carbocycles. The van der Waals surface area contributed by atoms with Crippen LogP contribution in [0.3, 0.4) is 0 Å². The van der Waals surface area contributed by atoms with E-state index in [1.807, 2.05) is 18.2 Å². The maximum absolute atomic E-state index is 13.2. The molecule has 1 atom stereocenters. The van der Waals surface area contributed by atoms with Gasteiger partial charge in [-0.25, -0.2) is 9.69 Å². The van der Waals surface area contributed by atoms with Crippen molar-refractivity contribution in [1.82, 2.24) is 14.8 Å². The lowest BCUT2D eigenvalue weighted by Gasteiger charge is -2.30. The summed E-state index contributed by atoms with van der Waals surface area (Å²) in [5.41, 5.74) is 1.31. The molecule has 1 unspecified atom stereocenters. The summed E-state index contributed by atoms with van der Waals surface area (Å²) in [6.07, 6.45) is 21.8. The van der Waals surface area contributed by atoms with Gasteiger partial charge in [-0.05, 0) is 42.7 Å². The van der Waals surface area contributed by atoms with E-state index in [2.05, 4.69) is 12.0 Å². The molecule has 1 saturated heterocycles. The number of hydrazine groups is 1. The molecule has 11 heteroatoms. The fourth-order valence-electron chi connectivity index (χ4n) is 6.28. The average molecular weight is 739 g/mol. The Bertz CT molecular complexity index is 1530. The number of amides is 2. The van der Waals surface area contributed by atoms with Gasteiger partial charge < -0.3 is 0 Å². The van der Waals surface area contributed by atoms with Crippen molar-refractivity contribution in [2.45, 2.75) is 128 Å². The van der Waals surface area contributed by atoms with E-state index in [-0.39, 0.29) is 28.0 Å². The van der Waals surface area contributed by atoms with Crippen LogP contribution in [0.15, 0.2) is 47.3 Å². The number of alkyl halides is 1. The van der Waals surface area contributed by atoms with Gasteiger partial charge in [-0.3, -0.25) is 19.5 Å². The Morgan fingerprint density at radius 3 is 1.81 bits per heavy atom. The van der Waals surface area contributed by atoms with Crippen LogP contribution < -0.4 is 10.6 Å². The smallest absolute Gasteiger partial charge is 0.273 e. The number of aromatic amines is 1. The monoisotopic (exact) mass is 736 g/mol. The van der Waals surface area contributed by atoms with Gasteiger partial charge in [-0.2, -0.15) is 5.01 Å². The van der Waals surface area contributed by atoms with E-state index in [1.54, 1.807) is 6.07 Å². The van der Waals surface area contributed by atoms with E-state index in [0.29, 0.717) is 10.7 Å². The fourth-order valence-corrected chi connectivity index (χ4v) is 7.49. The van der Waals surface area contributed by atoms with Gasteiger partial charge in [0.1, 0.15) is 11.1 Å². The molecule has 1 N–H and O–H groups in total. The predicted molar refractivity (Wildman–Crippen MR) is 199 cm³/mol. The van der Waals surface area contributed by atoms with E-state index in [0.717, 1.165) is 34.5 Å². The molecule has 1 aliphatic rings. The third kappa shape index (κ3) is 10.8. The third-order valence-electron chi connectivity index (χ3n) is 8.88. The van der Waals surface area contributed by atoms with Crippen LogP contribution in [-0.2, 0) is 16.0 Å². The number of rotatable bonds is 21. The molecule has 3 aromatic rings. The lowest BCUT2D eigenvalue weighted by atomic mass is 10.0. The van der Waals surface area contributed by atoms with Crippen molar-refractivity contribution in [1.29, 1.82) is 0 Å². The molecule has 48 heavy (non-hydrogen) atoms. The first-order chi connectivity index (χ1) is 23.2. The Kier molecular flexibility index (Phi) is 15.7. The molecular weight excluding hydrogens is 690 g/mol. The van der Waals surface area contributed by atoms with Crippen LogP contribution in [0.1, 0.15) is 122 Å². The van der Waals surface area contributed by atoms with Crippen molar-refractivity contribution < 1.29 is 9.59 Å². The SMILES string of the molecule is CCCCCCCCCCCCCCCCCCc1cccc(N(c2cc(=O)n(-c3c(Cl)cc(Cl)cc3Cl)[nH]2)N2C(=O)CC(Cl)C2=O)c1. The van der Waals surface area contributed by atoms with Crippen molar-refractivity contribution in [3.63, 3.8) is 0 Å². The van der Waals surface area contributed by atoms with E-state index in [9.17, 15) is 14.4 Å². The number of unbranched alkanes of at least 4 members (excludes halogenated alkanes) is 15. The van der Waals surface area contributed by atoms with Crippen molar-refractivity contribution in [2.75, 3.05) is 5.01 Å². The summed E-state index contributed by atoms with van der Waals surface area (Å²) < 4.78 is 1.16. The number of carbonyl (C=O) groups excluding carboxylic acids is 2. The standard InChI is InChI=1S/C37H48Cl4N4O3/c1-2-3-4-5-6-7-8-9-10-11-12-13-14-15-16-17-19-27-20-18-21-29(22-27)44(45-35(47)25-32(41)37(45)48)33-26-34(46)43(42-33)36-30(39)23-28(38)24-31(36)40/h18,20-24,26,32,42H,2-17,19,25H2,1H3. The molecule has 1 fully saturated rings. The molecule has 7 nitrogen and oxygen atoms in total. The van der Waals surface area contributed by atoms with Crippen molar-refractivity contribution in [3.8, 4) is 5.69 Å². The Hall–Kier alpha value is -2.45. The van der Waals surface area contributed by atoms with Crippen LogP contribution in [0.25, 0.3) is 5.69 Å². The Morgan fingerprint density at radius 2 is 1.29 bits per heavy atom. The first kappa shape index (κ1) is 38.4. The van der Waals surface area contributed by atoms with Crippen LogP contribution in [0, 0.1) is 0 Å². The van der Waals surface area contributed by atoms with Crippen molar-refractivity contribution in [2.24, 2.45) is 0 Å². The highest BCUT2D eigenvalue weighted by Crippen LogP contribution is 2.34. The number of hydrogen-bond donors (Lipinski definition) is 1. The lowest BCUT2D eigenvalue weighted by molar-refractivity contribution is -0.138. The van der Waals surface area contributed by atoms with Crippen LogP contribution in [0.5, 0.6) is 0 Å². The number of hydrogen-bond acceptors (Lipinski definition) is 4. The summed E-state index contributed by atoms with van der Waals surface area (Å²) in [7, 11) is 0. The second kappa shape index (κ2) is 19.7. The minimum atomic E-state index is -0.998. The van der Waals surface area contributed by atoms with Gasteiger partial charge in [0.2, 0.25) is 0 Å². The van der Waals surface area contributed by atoms with Crippen molar-refractivity contribution in [3.05, 3.63) is 73.4 Å².